The van der Waals surface area contributed by atoms with E-state index >= 15 is 0 Å². The van der Waals surface area contributed by atoms with Crippen molar-refractivity contribution in [2.24, 2.45) is 0 Å². The van der Waals surface area contributed by atoms with Gasteiger partial charge in [-0.1, -0.05) is 71.6 Å². The van der Waals surface area contributed by atoms with Crippen LogP contribution in [0.4, 0.5) is 5.69 Å². The fourth-order valence-electron chi connectivity index (χ4n) is 3.49. The van der Waals surface area contributed by atoms with Gasteiger partial charge in [-0.2, -0.15) is 0 Å². The van der Waals surface area contributed by atoms with Crippen LogP contribution in [-0.2, 0) is 17.7 Å². The van der Waals surface area contributed by atoms with E-state index in [1.54, 1.807) is 11.5 Å². The third kappa shape index (κ3) is 7.73. The van der Waals surface area contributed by atoms with Gasteiger partial charge in [0, 0.05) is 12.6 Å². The summed E-state index contributed by atoms with van der Waals surface area (Å²) in [5.74, 6) is -0.479. The predicted octanol–water partition coefficient (Wildman–Crippen LogP) is 6.06. The zero-order valence-corrected chi connectivity index (χ0v) is 17.3. The molecule has 0 spiro atoms. The van der Waals surface area contributed by atoms with Gasteiger partial charge in [-0.15, -0.1) is 0 Å². The number of carbonyl (C=O) groups is 1. The van der Waals surface area contributed by atoms with Crippen LogP contribution in [0.2, 0.25) is 0 Å². The topological polar surface area (TPSA) is 74.4 Å². The normalized spacial score (nSPS) is 10.9. The first kappa shape index (κ1) is 23.2. The lowest BCUT2D eigenvalue weighted by Crippen LogP contribution is -2.14. The number of unbranched alkanes of at least 4 members (excludes halogenated alkanes) is 9. The van der Waals surface area contributed by atoms with Crippen LogP contribution < -0.4 is 0 Å². The Hall–Kier alpha value is -1.85. The van der Waals surface area contributed by atoms with E-state index in [4.69, 9.17) is 4.74 Å². The first-order valence-electron chi connectivity index (χ1n) is 10.6. The molecule has 27 heavy (non-hydrogen) atoms. The summed E-state index contributed by atoms with van der Waals surface area (Å²) in [6, 6.07) is 1.37. The van der Waals surface area contributed by atoms with E-state index in [1.807, 2.05) is 6.92 Å². The van der Waals surface area contributed by atoms with Crippen LogP contribution in [0.25, 0.3) is 0 Å². The lowest BCUT2D eigenvalue weighted by Gasteiger charge is -2.11. The summed E-state index contributed by atoms with van der Waals surface area (Å²) in [4.78, 5) is 23.1. The van der Waals surface area contributed by atoms with Gasteiger partial charge in [-0.25, -0.2) is 4.79 Å². The molecule has 6 nitrogen and oxygen atoms in total. The summed E-state index contributed by atoms with van der Waals surface area (Å²) in [6.45, 7) is 6.74. The molecule has 0 unspecified atom stereocenters. The van der Waals surface area contributed by atoms with Gasteiger partial charge in [-0.3, -0.25) is 10.1 Å². The number of rotatable bonds is 15. The highest BCUT2D eigenvalue weighted by Gasteiger charge is 2.26. The zero-order chi connectivity index (χ0) is 20.1. The van der Waals surface area contributed by atoms with Gasteiger partial charge < -0.3 is 9.30 Å². The summed E-state index contributed by atoms with van der Waals surface area (Å²) in [5, 5.41) is 11.3. The number of ether oxygens (including phenoxy) is 1. The maximum absolute atomic E-state index is 12.2. The van der Waals surface area contributed by atoms with Crippen LogP contribution in [0.3, 0.4) is 0 Å². The SMILES string of the molecule is CCCCCCCCCCCCn1c(C(=O)OCC)cc([N+](=O)[O-])c1CC. The Morgan fingerprint density at radius 3 is 2.04 bits per heavy atom. The average molecular weight is 381 g/mol. The van der Waals surface area contributed by atoms with Gasteiger partial charge in [0.25, 0.3) is 5.69 Å². The molecular formula is C21H36N2O4. The second kappa shape index (κ2) is 13.3. The molecule has 1 heterocycles. The maximum atomic E-state index is 12.2. The molecule has 0 aliphatic heterocycles. The predicted molar refractivity (Wildman–Crippen MR) is 108 cm³/mol. The Bertz CT molecular complexity index is 581. The first-order chi connectivity index (χ1) is 13.1. The highest BCUT2D eigenvalue weighted by Crippen LogP contribution is 2.26. The van der Waals surface area contributed by atoms with E-state index in [0.717, 1.165) is 12.8 Å². The number of carbonyl (C=O) groups excluding carboxylic acids is 1. The Labute approximate surface area is 163 Å². The molecule has 0 aliphatic carbocycles. The van der Waals surface area contributed by atoms with E-state index in [9.17, 15) is 14.9 Å². The van der Waals surface area contributed by atoms with Gasteiger partial charge in [0.15, 0.2) is 0 Å². The zero-order valence-electron chi connectivity index (χ0n) is 17.3. The van der Waals surface area contributed by atoms with Gasteiger partial charge in [-0.05, 0) is 19.8 Å². The fraction of sp³-hybridized carbons (Fsp3) is 0.762. The molecule has 1 rings (SSSR count). The number of nitro groups is 1. The highest BCUT2D eigenvalue weighted by molar-refractivity contribution is 5.89. The molecule has 0 aromatic carbocycles. The molecule has 0 radical (unpaired) electrons. The van der Waals surface area contributed by atoms with Crippen LogP contribution in [0.5, 0.6) is 0 Å². The van der Waals surface area contributed by atoms with Crippen molar-refractivity contribution in [2.45, 2.75) is 97.9 Å². The Morgan fingerprint density at radius 2 is 1.56 bits per heavy atom. The van der Waals surface area contributed by atoms with E-state index in [2.05, 4.69) is 6.92 Å². The van der Waals surface area contributed by atoms with Crippen LogP contribution in [-0.4, -0.2) is 22.1 Å². The van der Waals surface area contributed by atoms with E-state index < -0.39 is 10.9 Å². The fourth-order valence-corrected chi connectivity index (χ4v) is 3.49. The van der Waals surface area contributed by atoms with Gasteiger partial charge in [0.1, 0.15) is 5.69 Å². The number of nitrogens with zero attached hydrogens (tertiary/aromatic N) is 2. The van der Waals surface area contributed by atoms with Gasteiger partial charge in [0.05, 0.1) is 17.2 Å². The van der Waals surface area contributed by atoms with Crippen molar-refractivity contribution >= 4 is 11.7 Å². The molecule has 0 bridgehead atoms. The summed E-state index contributed by atoms with van der Waals surface area (Å²) in [5.41, 5.74) is 0.933. The standard InChI is InChI=1S/C21H36N2O4/c1-4-7-8-9-10-11-12-13-14-15-16-22-18(5-2)19(23(25)26)17-20(22)21(24)27-6-3/h17H,4-16H2,1-3H3. The molecule has 154 valence electrons. The molecular weight excluding hydrogens is 344 g/mol. The third-order valence-electron chi connectivity index (χ3n) is 4.94. The van der Waals surface area contributed by atoms with Crippen LogP contribution in [0, 0.1) is 10.1 Å². The van der Waals surface area contributed by atoms with Gasteiger partial charge >= 0.3 is 5.97 Å². The van der Waals surface area contributed by atoms with E-state index in [0.29, 0.717) is 24.4 Å². The van der Waals surface area contributed by atoms with Crippen LogP contribution in [0.15, 0.2) is 6.07 Å². The minimum absolute atomic E-state index is 0.0210. The Balaban J connectivity index is 2.53. The lowest BCUT2D eigenvalue weighted by molar-refractivity contribution is -0.385. The second-order valence-electron chi connectivity index (χ2n) is 7.03. The van der Waals surface area contributed by atoms with Crippen molar-refractivity contribution < 1.29 is 14.5 Å². The van der Waals surface area contributed by atoms with Crippen molar-refractivity contribution in [2.75, 3.05) is 6.61 Å². The van der Waals surface area contributed by atoms with Crippen molar-refractivity contribution in [3.63, 3.8) is 0 Å². The Kier molecular flexibility index (Phi) is 11.5. The van der Waals surface area contributed by atoms with Crippen molar-refractivity contribution in [3.8, 4) is 0 Å². The summed E-state index contributed by atoms with van der Waals surface area (Å²) < 4.78 is 6.87. The van der Waals surface area contributed by atoms with E-state index in [1.165, 1.54) is 57.4 Å². The van der Waals surface area contributed by atoms with Crippen LogP contribution in [0.1, 0.15) is 101 Å². The molecule has 0 N–H and O–H groups in total. The monoisotopic (exact) mass is 380 g/mol. The smallest absolute Gasteiger partial charge is 0.355 e. The summed E-state index contributed by atoms with van der Waals surface area (Å²) >= 11 is 0. The van der Waals surface area contributed by atoms with Crippen molar-refractivity contribution in [1.82, 2.24) is 4.57 Å². The molecule has 1 aromatic rings. The second-order valence-corrected chi connectivity index (χ2v) is 7.03. The molecule has 0 aliphatic rings. The molecule has 0 amide bonds. The minimum atomic E-state index is -0.479. The molecule has 0 saturated heterocycles. The molecule has 0 atom stereocenters. The number of esters is 1. The van der Waals surface area contributed by atoms with Crippen molar-refractivity contribution in [3.05, 3.63) is 27.6 Å². The third-order valence-corrected chi connectivity index (χ3v) is 4.94. The van der Waals surface area contributed by atoms with Crippen LogP contribution >= 0.6 is 0 Å². The molecule has 0 fully saturated rings. The van der Waals surface area contributed by atoms with Crippen molar-refractivity contribution in [1.29, 1.82) is 0 Å². The van der Waals surface area contributed by atoms with Gasteiger partial charge in [0.2, 0.25) is 0 Å². The summed E-state index contributed by atoms with van der Waals surface area (Å²) in [6.07, 6.45) is 12.8. The largest absolute Gasteiger partial charge is 0.461 e. The molecule has 6 heteroatoms. The number of aromatic nitrogens is 1. The maximum Gasteiger partial charge on any atom is 0.355 e. The van der Waals surface area contributed by atoms with E-state index in [-0.39, 0.29) is 12.3 Å². The molecule has 1 aromatic heterocycles. The Morgan fingerprint density at radius 1 is 1.00 bits per heavy atom. The average Bonchev–Trinajstić information content (AvgIpc) is 3.02. The number of hydrogen-bond donors (Lipinski definition) is 0. The quantitative estimate of drug-likeness (QED) is 0.160. The highest BCUT2D eigenvalue weighted by atomic mass is 16.6. The minimum Gasteiger partial charge on any atom is -0.461 e. The summed E-state index contributed by atoms with van der Waals surface area (Å²) in [7, 11) is 0. The molecule has 0 saturated carbocycles. The first-order valence-corrected chi connectivity index (χ1v) is 10.6. The number of hydrogen-bond acceptors (Lipinski definition) is 4. The lowest BCUT2D eigenvalue weighted by atomic mass is 10.1.